The first kappa shape index (κ1) is 13.8. The Balaban J connectivity index is 1.80. The molecule has 5 heteroatoms. The van der Waals surface area contributed by atoms with Gasteiger partial charge < -0.3 is 10.6 Å². The summed E-state index contributed by atoms with van der Waals surface area (Å²) in [4.78, 5) is 4.92. The van der Waals surface area contributed by atoms with Crippen LogP contribution >= 0.6 is 12.2 Å². The number of nitrogens with two attached hydrogens (primary N) is 1. The maximum Gasteiger partial charge on any atom is 0.135 e. The van der Waals surface area contributed by atoms with Crippen LogP contribution in [-0.4, -0.2) is 42.1 Å². The highest BCUT2D eigenvalue weighted by Gasteiger charge is 2.30. The van der Waals surface area contributed by atoms with Gasteiger partial charge >= 0.3 is 0 Å². The van der Waals surface area contributed by atoms with Gasteiger partial charge in [0.15, 0.2) is 0 Å². The largest absolute Gasteiger partial charge is 0.389 e. The third kappa shape index (κ3) is 2.52. The first-order valence-electron chi connectivity index (χ1n) is 7.24. The third-order valence-electron chi connectivity index (χ3n) is 4.40. The average molecular weight is 293 g/mol. The quantitative estimate of drug-likeness (QED) is 0.866. The van der Waals surface area contributed by atoms with Crippen LogP contribution < -0.4 is 10.6 Å². The number of thiocarbonyl (C=S) groups is 1. The number of hydrogen-bond donors (Lipinski definition) is 1. The van der Waals surface area contributed by atoms with Crippen LogP contribution in [0.1, 0.15) is 24.8 Å². The molecule has 2 aliphatic heterocycles. The van der Waals surface area contributed by atoms with Crippen LogP contribution in [-0.2, 0) is 0 Å². The summed E-state index contributed by atoms with van der Waals surface area (Å²) in [6, 6.07) is 5.66. The monoisotopic (exact) mass is 293 g/mol. The lowest BCUT2D eigenvalue weighted by Crippen LogP contribution is -2.35. The van der Waals surface area contributed by atoms with Crippen LogP contribution in [0.5, 0.6) is 0 Å². The van der Waals surface area contributed by atoms with Gasteiger partial charge in [-0.15, -0.1) is 0 Å². The number of halogens is 1. The Bertz CT molecular complexity index is 514. The molecule has 1 aromatic carbocycles. The Morgan fingerprint density at radius 3 is 2.70 bits per heavy atom. The Labute approximate surface area is 124 Å². The second-order valence-electron chi connectivity index (χ2n) is 5.63. The highest BCUT2D eigenvalue weighted by molar-refractivity contribution is 7.80. The Hall–Kier alpha value is -1.20. The molecule has 0 saturated carbocycles. The van der Waals surface area contributed by atoms with Gasteiger partial charge in [-0.2, -0.15) is 0 Å². The Morgan fingerprint density at radius 1 is 1.25 bits per heavy atom. The van der Waals surface area contributed by atoms with Crippen LogP contribution in [0.4, 0.5) is 10.1 Å². The fraction of sp³-hybridized carbons (Fsp3) is 0.533. The van der Waals surface area contributed by atoms with Crippen LogP contribution in [0, 0.1) is 5.82 Å². The van der Waals surface area contributed by atoms with Gasteiger partial charge in [-0.25, -0.2) is 4.39 Å². The molecule has 0 amide bonds. The van der Waals surface area contributed by atoms with Crippen molar-refractivity contribution in [3.8, 4) is 0 Å². The summed E-state index contributed by atoms with van der Waals surface area (Å²) in [7, 11) is 0. The predicted molar refractivity (Wildman–Crippen MR) is 83.7 cm³/mol. The number of hydrogen-bond acceptors (Lipinski definition) is 3. The summed E-state index contributed by atoms with van der Waals surface area (Å²) in [6.07, 6.45) is 3.73. The summed E-state index contributed by atoms with van der Waals surface area (Å²) < 4.78 is 13.9. The van der Waals surface area contributed by atoms with E-state index in [4.69, 9.17) is 18.0 Å². The summed E-state index contributed by atoms with van der Waals surface area (Å²) in [6.45, 7) is 4.28. The second-order valence-corrected chi connectivity index (χ2v) is 6.07. The highest BCUT2D eigenvalue weighted by atomic mass is 32.1. The van der Waals surface area contributed by atoms with E-state index in [9.17, 15) is 4.39 Å². The van der Waals surface area contributed by atoms with Gasteiger partial charge in [0.05, 0.1) is 5.56 Å². The molecule has 1 aromatic rings. The zero-order chi connectivity index (χ0) is 14.1. The second kappa shape index (κ2) is 5.66. The maximum absolute atomic E-state index is 13.9. The molecule has 2 aliphatic rings. The van der Waals surface area contributed by atoms with Gasteiger partial charge in [0, 0.05) is 24.8 Å². The molecule has 20 heavy (non-hydrogen) atoms. The molecular formula is C15H20FN3S. The van der Waals surface area contributed by atoms with E-state index in [1.807, 2.05) is 6.07 Å². The van der Waals surface area contributed by atoms with Crippen molar-refractivity contribution in [2.45, 2.75) is 25.3 Å². The third-order valence-corrected chi connectivity index (χ3v) is 4.60. The number of anilines is 1. The van der Waals surface area contributed by atoms with E-state index < -0.39 is 0 Å². The minimum Gasteiger partial charge on any atom is -0.389 e. The molecule has 2 fully saturated rings. The fourth-order valence-electron chi connectivity index (χ4n) is 3.39. The molecule has 0 radical (unpaired) electrons. The molecule has 0 aromatic heterocycles. The minimum absolute atomic E-state index is 0.141. The van der Waals surface area contributed by atoms with Gasteiger partial charge in [-0.1, -0.05) is 18.3 Å². The minimum atomic E-state index is -0.320. The standard InChI is InChI=1S/C15H20FN3S/c16-12-4-3-5-13(14(12)15(17)20)19-9-6-11(10-19)18-7-1-2-8-18/h3-5,11H,1-2,6-10H2,(H2,17,20). The van der Waals surface area contributed by atoms with Crippen molar-refractivity contribution >= 4 is 22.9 Å². The first-order valence-corrected chi connectivity index (χ1v) is 7.65. The lowest BCUT2D eigenvalue weighted by atomic mass is 10.1. The molecule has 2 N–H and O–H groups in total. The van der Waals surface area contributed by atoms with E-state index in [2.05, 4.69) is 9.80 Å². The molecule has 1 unspecified atom stereocenters. The average Bonchev–Trinajstić information content (AvgIpc) is 3.09. The van der Waals surface area contributed by atoms with Crippen molar-refractivity contribution in [2.24, 2.45) is 5.73 Å². The molecule has 3 rings (SSSR count). The van der Waals surface area contributed by atoms with Crippen LogP contribution in [0.3, 0.4) is 0 Å². The fourth-order valence-corrected chi connectivity index (χ4v) is 3.59. The van der Waals surface area contributed by atoms with Gasteiger partial charge in [0.1, 0.15) is 10.8 Å². The SMILES string of the molecule is NC(=S)c1c(F)cccc1N1CCC(N2CCCC2)C1. The molecule has 108 valence electrons. The van der Waals surface area contributed by atoms with Gasteiger partial charge in [-0.05, 0) is 44.5 Å². The van der Waals surface area contributed by atoms with Crippen LogP contribution in [0.25, 0.3) is 0 Å². The van der Waals surface area contributed by atoms with Crippen molar-refractivity contribution in [3.63, 3.8) is 0 Å². The first-order chi connectivity index (χ1) is 9.66. The van der Waals surface area contributed by atoms with Crippen LogP contribution in [0.15, 0.2) is 18.2 Å². The number of nitrogens with zero attached hydrogens (tertiary/aromatic N) is 2. The molecular weight excluding hydrogens is 273 g/mol. The summed E-state index contributed by atoms with van der Waals surface area (Å²) >= 11 is 5.01. The molecule has 0 aliphatic carbocycles. The topological polar surface area (TPSA) is 32.5 Å². The van der Waals surface area contributed by atoms with Crippen LogP contribution in [0.2, 0.25) is 0 Å². The van der Waals surface area contributed by atoms with Gasteiger partial charge in [0.2, 0.25) is 0 Å². The van der Waals surface area contributed by atoms with Crippen molar-refractivity contribution < 1.29 is 4.39 Å². The number of rotatable bonds is 3. The van der Waals surface area contributed by atoms with Crippen molar-refractivity contribution in [1.29, 1.82) is 0 Å². The molecule has 2 heterocycles. The maximum atomic E-state index is 13.9. The van der Waals surface area contributed by atoms with Crippen molar-refractivity contribution in [1.82, 2.24) is 4.90 Å². The lowest BCUT2D eigenvalue weighted by Gasteiger charge is -2.25. The highest BCUT2D eigenvalue weighted by Crippen LogP contribution is 2.29. The predicted octanol–water partition coefficient (Wildman–Crippen LogP) is 2.13. The van der Waals surface area contributed by atoms with E-state index in [0.29, 0.717) is 11.6 Å². The summed E-state index contributed by atoms with van der Waals surface area (Å²) in [5, 5.41) is 0. The van der Waals surface area contributed by atoms with Crippen molar-refractivity contribution in [3.05, 3.63) is 29.6 Å². The zero-order valence-corrected chi connectivity index (χ0v) is 12.3. The van der Waals surface area contributed by atoms with E-state index in [0.717, 1.165) is 25.2 Å². The summed E-state index contributed by atoms with van der Waals surface area (Å²) in [5.74, 6) is -0.320. The molecule has 1 atom stereocenters. The van der Waals surface area contributed by atoms with E-state index in [-0.39, 0.29) is 10.8 Å². The van der Waals surface area contributed by atoms with Crippen molar-refractivity contribution in [2.75, 3.05) is 31.1 Å². The number of likely N-dealkylation sites (tertiary alicyclic amines) is 1. The zero-order valence-electron chi connectivity index (χ0n) is 11.5. The smallest absolute Gasteiger partial charge is 0.135 e. The van der Waals surface area contributed by atoms with E-state index in [1.165, 1.54) is 32.0 Å². The molecule has 2 saturated heterocycles. The van der Waals surface area contributed by atoms with Gasteiger partial charge in [0.25, 0.3) is 0 Å². The van der Waals surface area contributed by atoms with E-state index in [1.54, 1.807) is 6.07 Å². The molecule has 3 nitrogen and oxygen atoms in total. The van der Waals surface area contributed by atoms with Gasteiger partial charge in [-0.3, -0.25) is 4.90 Å². The van der Waals surface area contributed by atoms with E-state index >= 15 is 0 Å². The Morgan fingerprint density at radius 2 is 2.00 bits per heavy atom. The Kier molecular flexibility index (Phi) is 3.89. The number of benzene rings is 1. The molecule has 0 bridgehead atoms. The summed E-state index contributed by atoms with van der Waals surface area (Å²) in [5.41, 5.74) is 6.93. The lowest BCUT2D eigenvalue weighted by molar-refractivity contribution is 0.260. The molecule has 0 spiro atoms. The normalized spacial score (nSPS) is 23.4.